The molecule has 1 saturated heterocycles. The summed E-state index contributed by atoms with van der Waals surface area (Å²) < 4.78 is 0. The third-order valence-electron chi connectivity index (χ3n) is 3.03. The van der Waals surface area contributed by atoms with Gasteiger partial charge < -0.3 is 5.32 Å². The van der Waals surface area contributed by atoms with E-state index < -0.39 is 0 Å². The van der Waals surface area contributed by atoms with Gasteiger partial charge in [0.05, 0.1) is 6.54 Å². The lowest BCUT2D eigenvalue weighted by atomic mass is 10.1. The monoisotopic (exact) mass is 228 g/mol. The first kappa shape index (κ1) is 12.2. The van der Waals surface area contributed by atoms with Gasteiger partial charge in [0, 0.05) is 12.1 Å². The fourth-order valence-corrected chi connectivity index (χ4v) is 2.18. The highest BCUT2D eigenvalue weighted by Gasteiger charge is 2.11. The van der Waals surface area contributed by atoms with Crippen LogP contribution in [0.5, 0.6) is 0 Å². The predicted octanol–water partition coefficient (Wildman–Crippen LogP) is 1.85. The van der Waals surface area contributed by atoms with E-state index in [1.54, 1.807) is 0 Å². The van der Waals surface area contributed by atoms with Crippen LogP contribution in [0.3, 0.4) is 0 Å². The number of nitrogens with one attached hydrogen (secondary N) is 1. The average molecular weight is 228 g/mol. The Morgan fingerprint density at radius 2 is 2.12 bits per heavy atom. The van der Waals surface area contributed by atoms with Gasteiger partial charge in [-0.1, -0.05) is 24.0 Å². The largest absolute Gasteiger partial charge is 0.309 e. The summed E-state index contributed by atoms with van der Waals surface area (Å²) >= 11 is 0. The van der Waals surface area contributed by atoms with Gasteiger partial charge in [0.1, 0.15) is 0 Å². The van der Waals surface area contributed by atoms with Gasteiger partial charge in [0.2, 0.25) is 0 Å². The molecule has 1 N–H and O–H groups in total. The average Bonchev–Trinajstić information content (AvgIpc) is 2.83. The summed E-state index contributed by atoms with van der Waals surface area (Å²) in [6, 6.07) is 8.59. The molecule has 1 heterocycles. The van der Waals surface area contributed by atoms with E-state index in [2.05, 4.69) is 46.3 Å². The van der Waals surface area contributed by atoms with E-state index in [0.29, 0.717) is 0 Å². The molecule has 2 rings (SSSR count). The summed E-state index contributed by atoms with van der Waals surface area (Å²) in [7, 11) is 1.92. The van der Waals surface area contributed by atoms with Crippen LogP contribution in [0.1, 0.15) is 24.0 Å². The fourth-order valence-electron chi connectivity index (χ4n) is 2.18. The molecule has 0 unspecified atom stereocenters. The molecule has 0 aromatic heterocycles. The van der Waals surface area contributed by atoms with Crippen LogP contribution < -0.4 is 5.32 Å². The van der Waals surface area contributed by atoms with E-state index in [1.807, 2.05) is 7.05 Å². The van der Waals surface area contributed by atoms with Crippen LogP contribution in [0.25, 0.3) is 0 Å². The first-order chi connectivity index (χ1) is 8.38. The number of benzene rings is 1. The molecule has 0 saturated carbocycles. The number of hydrogen-bond donors (Lipinski definition) is 1. The third-order valence-corrected chi connectivity index (χ3v) is 3.03. The Morgan fingerprint density at radius 3 is 2.88 bits per heavy atom. The summed E-state index contributed by atoms with van der Waals surface area (Å²) in [5.41, 5.74) is 2.50. The predicted molar refractivity (Wildman–Crippen MR) is 71.8 cm³/mol. The molecule has 2 heteroatoms. The summed E-state index contributed by atoms with van der Waals surface area (Å²) in [4.78, 5) is 2.51. The molecular weight excluding hydrogens is 208 g/mol. The van der Waals surface area contributed by atoms with E-state index in [-0.39, 0.29) is 0 Å². The zero-order valence-electron chi connectivity index (χ0n) is 10.5. The van der Waals surface area contributed by atoms with Crippen molar-refractivity contribution in [2.75, 3.05) is 26.7 Å². The molecule has 1 aromatic carbocycles. The minimum Gasteiger partial charge on any atom is -0.309 e. The van der Waals surface area contributed by atoms with Crippen LogP contribution in [-0.4, -0.2) is 31.6 Å². The van der Waals surface area contributed by atoms with Crippen molar-refractivity contribution in [3.05, 3.63) is 35.4 Å². The first-order valence-corrected chi connectivity index (χ1v) is 6.33. The normalized spacial score (nSPS) is 15.6. The number of likely N-dealkylation sites (tertiary alicyclic amines) is 1. The molecule has 1 fully saturated rings. The highest BCUT2D eigenvalue weighted by molar-refractivity contribution is 5.37. The van der Waals surface area contributed by atoms with Crippen molar-refractivity contribution in [2.24, 2.45) is 0 Å². The standard InChI is InChI=1S/C15H20N2/c1-16-9-5-8-14-6-4-7-15(12-14)13-17-10-2-3-11-17/h4,6-7,12,16H,2-3,9-11,13H2,1H3. The molecule has 90 valence electrons. The second-order valence-electron chi connectivity index (χ2n) is 4.52. The van der Waals surface area contributed by atoms with Gasteiger partial charge in [-0.05, 0) is 50.7 Å². The van der Waals surface area contributed by atoms with Crippen LogP contribution in [0.2, 0.25) is 0 Å². The molecule has 0 aliphatic carbocycles. The van der Waals surface area contributed by atoms with E-state index in [4.69, 9.17) is 0 Å². The van der Waals surface area contributed by atoms with Crippen LogP contribution in [0.4, 0.5) is 0 Å². The molecule has 1 aliphatic rings. The van der Waals surface area contributed by atoms with Crippen molar-refractivity contribution in [3.63, 3.8) is 0 Å². The van der Waals surface area contributed by atoms with Crippen LogP contribution in [0.15, 0.2) is 24.3 Å². The SMILES string of the molecule is CNCC#Cc1cccc(CN2CCCC2)c1. The Bertz CT molecular complexity index is 408. The molecule has 1 aromatic rings. The molecule has 0 atom stereocenters. The number of nitrogens with zero attached hydrogens (tertiary/aromatic N) is 1. The molecular formula is C15H20N2. The molecule has 2 nitrogen and oxygen atoms in total. The van der Waals surface area contributed by atoms with Gasteiger partial charge in [-0.25, -0.2) is 0 Å². The second kappa shape index (κ2) is 6.44. The van der Waals surface area contributed by atoms with Gasteiger partial charge in [-0.3, -0.25) is 4.90 Å². The maximum Gasteiger partial charge on any atom is 0.0577 e. The van der Waals surface area contributed by atoms with Crippen LogP contribution in [-0.2, 0) is 6.54 Å². The summed E-state index contributed by atoms with van der Waals surface area (Å²) in [5.74, 6) is 6.28. The van der Waals surface area contributed by atoms with Crippen molar-refractivity contribution in [3.8, 4) is 11.8 Å². The number of hydrogen-bond acceptors (Lipinski definition) is 2. The fraction of sp³-hybridized carbons (Fsp3) is 0.467. The van der Waals surface area contributed by atoms with Gasteiger partial charge in [-0.15, -0.1) is 0 Å². The summed E-state index contributed by atoms with van der Waals surface area (Å²) in [6.07, 6.45) is 2.70. The van der Waals surface area contributed by atoms with Crippen molar-refractivity contribution < 1.29 is 0 Å². The quantitative estimate of drug-likeness (QED) is 0.794. The highest BCUT2D eigenvalue weighted by atomic mass is 15.1. The topological polar surface area (TPSA) is 15.3 Å². The van der Waals surface area contributed by atoms with E-state index in [0.717, 1.165) is 18.7 Å². The first-order valence-electron chi connectivity index (χ1n) is 6.33. The molecule has 1 aliphatic heterocycles. The molecule has 0 bridgehead atoms. The third kappa shape index (κ3) is 3.89. The van der Waals surface area contributed by atoms with Gasteiger partial charge in [0.15, 0.2) is 0 Å². The van der Waals surface area contributed by atoms with Crippen LogP contribution in [0, 0.1) is 11.8 Å². The smallest absolute Gasteiger partial charge is 0.0577 e. The lowest BCUT2D eigenvalue weighted by molar-refractivity contribution is 0.331. The number of rotatable bonds is 3. The Labute approximate surface area is 104 Å². The summed E-state index contributed by atoms with van der Waals surface area (Å²) in [6.45, 7) is 4.31. The zero-order valence-corrected chi connectivity index (χ0v) is 10.5. The minimum absolute atomic E-state index is 0.746. The van der Waals surface area contributed by atoms with Crippen molar-refractivity contribution in [1.82, 2.24) is 10.2 Å². The molecule has 0 radical (unpaired) electrons. The van der Waals surface area contributed by atoms with E-state index >= 15 is 0 Å². The van der Waals surface area contributed by atoms with Crippen molar-refractivity contribution >= 4 is 0 Å². The lowest BCUT2D eigenvalue weighted by Crippen LogP contribution is -2.18. The summed E-state index contributed by atoms with van der Waals surface area (Å²) in [5, 5.41) is 3.03. The highest BCUT2D eigenvalue weighted by Crippen LogP contribution is 2.13. The molecule has 0 amide bonds. The van der Waals surface area contributed by atoms with E-state index in [1.165, 1.54) is 31.5 Å². The minimum atomic E-state index is 0.746. The van der Waals surface area contributed by atoms with Crippen LogP contribution >= 0.6 is 0 Å². The van der Waals surface area contributed by atoms with Gasteiger partial charge >= 0.3 is 0 Å². The van der Waals surface area contributed by atoms with Crippen molar-refractivity contribution in [2.45, 2.75) is 19.4 Å². The van der Waals surface area contributed by atoms with Gasteiger partial charge in [0.25, 0.3) is 0 Å². The molecule has 0 spiro atoms. The van der Waals surface area contributed by atoms with Crippen molar-refractivity contribution in [1.29, 1.82) is 0 Å². The van der Waals surface area contributed by atoms with E-state index in [9.17, 15) is 0 Å². The maximum absolute atomic E-state index is 3.18. The Morgan fingerprint density at radius 1 is 1.29 bits per heavy atom. The second-order valence-corrected chi connectivity index (χ2v) is 4.52. The Hall–Kier alpha value is -1.30. The Balaban J connectivity index is 1.98. The molecule has 17 heavy (non-hydrogen) atoms. The zero-order chi connectivity index (χ0) is 11.9. The van der Waals surface area contributed by atoms with Gasteiger partial charge in [-0.2, -0.15) is 0 Å². The lowest BCUT2D eigenvalue weighted by Gasteiger charge is -2.14. The Kier molecular flexibility index (Phi) is 4.61. The maximum atomic E-state index is 3.18.